The smallest absolute Gasteiger partial charge is 0.219 e. The van der Waals surface area contributed by atoms with Crippen molar-refractivity contribution < 1.29 is 4.74 Å². The normalized spacial score (nSPS) is 15.7. The molecule has 1 aliphatic carbocycles. The van der Waals surface area contributed by atoms with Crippen molar-refractivity contribution in [1.82, 2.24) is 9.97 Å². The third kappa shape index (κ3) is 3.51. The Bertz CT molecular complexity index is 1790. The summed E-state index contributed by atoms with van der Waals surface area (Å²) in [5.74, 6) is 1.37. The van der Waals surface area contributed by atoms with Gasteiger partial charge in [0.05, 0.1) is 22.3 Å². The number of para-hydroxylation sites is 2. The van der Waals surface area contributed by atoms with E-state index in [4.69, 9.17) is 14.7 Å². The molecule has 0 saturated heterocycles. The number of nitrogens with zero attached hydrogens (tertiary/aromatic N) is 2. The van der Waals surface area contributed by atoms with Gasteiger partial charge in [-0.15, -0.1) is 0 Å². The number of aromatic nitrogens is 2. The molecule has 7 rings (SSSR count). The maximum absolute atomic E-state index is 6.16. The van der Waals surface area contributed by atoms with Crippen LogP contribution in [0.2, 0.25) is 0 Å². The highest BCUT2D eigenvalue weighted by Gasteiger charge is 2.44. The minimum Gasteiger partial charge on any atom is -0.439 e. The van der Waals surface area contributed by atoms with Gasteiger partial charge in [-0.3, -0.25) is 0 Å². The van der Waals surface area contributed by atoms with Crippen LogP contribution in [-0.4, -0.2) is 9.97 Å². The second-order valence-electron chi connectivity index (χ2n) is 9.73. The Morgan fingerprint density at radius 1 is 0.632 bits per heavy atom. The molecule has 1 atom stereocenters. The van der Waals surface area contributed by atoms with E-state index in [0.29, 0.717) is 5.88 Å². The molecule has 0 spiro atoms. The minimum atomic E-state index is -0.394. The lowest BCUT2D eigenvalue weighted by Crippen LogP contribution is -2.27. The maximum atomic E-state index is 6.16. The lowest BCUT2D eigenvalue weighted by molar-refractivity contribution is 0.454. The zero-order valence-corrected chi connectivity index (χ0v) is 21.1. The molecule has 4 aromatic carbocycles. The van der Waals surface area contributed by atoms with E-state index < -0.39 is 5.41 Å². The number of benzene rings is 4. The molecule has 0 saturated carbocycles. The van der Waals surface area contributed by atoms with Crippen LogP contribution in [0.4, 0.5) is 0 Å². The molecule has 3 nitrogen and oxygen atoms in total. The zero-order valence-electron chi connectivity index (χ0n) is 21.1. The van der Waals surface area contributed by atoms with Gasteiger partial charge in [0.15, 0.2) is 0 Å². The minimum absolute atomic E-state index is 0.394. The highest BCUT2D eigenvalue weighted by molar-refractivity contribution is 5.86. The molecule has 0 aliphatic heterocycles. The highest BCUT2D eigenvalue weighted by atomic mass is 16.5. The van der Waals surface area contributed by atoms with Crippen LogP contribution < -0.4 is 4.74 Å². The van der Waals surface area contributed by atoms with Crippen molar-refractivity contribution in [2.75, 3.05) is 0 Å². The van der Waals surface area contributed by atoms with Crippen molar-refractivity contribution in [3.8, 4) is 34.0 Å². The van der Waals surface area contributed by atoms with Crippen molar-refractivity contribution in [2.45, 2.75) is 18.8 Å². The van der Waals surface area contributed by atoms with E-state index in [2.05, 4.69) is 85.8 Å². The first kappa shape index (κ1) is 22.4. The Kier molecular flexibility index (Phi) is 5.29. The van der Waals surface area contributed by atoms with Gasteiger partial charge < -0.3 is 4.74 Å². The van der Waals surface area contributed by atoms with Crippen LogP contribution in [0.25, 0.3) is 33.3 Å². The topological polar surface area (TPSA) is 35.0 Å². The quantitative estimate of drug-likeness (QED) is 0.242. The Balaban J connectivity index is 1.40. The van der Waals surface area contributed by atoms with Crippen LogP contribution in [0.5, 0.6) is 11.6 Å². The van der Waals surface area contributed by atoms with Gasteiger partial charge in [-0.25, -0.2) is 9.97 Å². The Labute approximate surface area is 222 Å². The summed E-state index contributed by atoms with van der Waals surface area (Å²) in [6.07, 6.45) is 0.868. The van der Waals surface area contributed by atoms with Crippen LogP contribution in [0, 0.1) is 0 Å². The fourth-order valence-electron chi connectivity index (χ4n) is 5.91. The molecular formula is C35H26N2O. The molecule has 0 amide bonds. The summed E-state index contributed by atoms with van der Waals surface area (Å²) in [6.45, 7) is 2.25. The summed E-state index contributed by atoms with van der Waals surface area (Å²) in [6, 6.07) is 44.0. The molecule has 0 radical (unpaired) electrons. The van der Waals surface area contributed by atoms with Crippen molar-refractivity contribution >= 4 is 10.9 Å². The number of hydrogen-bond donors (Lipinski definition) is 0. The van der Waals surface area contributed by atoms with Crippen LogP contribution in [-0.2, 0) is 5.41 Å². The molecule has 2 aromatic heterocycles. The van der Waals surface area contributed by atoms with Gasteiger partial charge in [0, 0.05) is 17.0 Å². The predicted molar refractivity (Wildman–Crippen MR) is 154 cm³/mol. The molecule has 0 fully saturated rings. The number of ether oxygens (including phenoxy) is 1. The van der Waals surface area contributed by atoms with Gasteiger partial charge in [-0.2, -0.15) is 0 Å². The predicted octanol–water partition coefficient (Wildman–Crippen LogP) is 8.81. The Morgan fingerprint density at radius 2 is 1.42 bits per heavy atom. The van der Waals surface area contributed by atoms with E-state index in [1.54, 1.807) is 0 Å². The summed E-state index contributed by atoms with van der Waals surface area (Å²) in [5.41, 5.74) is 8.74. The largest absolute Gasteiger partial charge is 0.439 e. The van der Waals surface area contributed by atoms with Crippen LogP contribution in [0.15, 0.2) is 127 Å². The van der Waals surface area contributed by atoms with Gasteiger partial charge in [0.25, 0.3) is 0 Å². The number of pyridine rings is 2. The number of hydrogen-bond acceptors (Lipinski definition) is 3. The fourth-order valence-corrected chi connectivity index (χ4v) is 5.91. The molecule has 2 heterocycles. The van der Waals surface area contributed by atoms with E-state index in [-0.39, 0.29) is 0 Å². The first-order valence-electron chi connectivity index (χ1n) is 13.1. The second kappa shape index (κ2) is 8.97. The molecular weight excluding hydrogens is 464 g/mol. The summed E-state index contributed by atoms with van der Waals surface area (Å²) in [7, 11) is 0. The van der Waals surface area contributed by atoms with Crippen molar-refractivity contribution in [3.05, 3.63) is 144 Å². The van der Waals surface area contributed by atoms with Crippen LogP contribution in [0.1, 0.15) is 30.2 Å². The molecule has 1 unspecified atom stereocenters. The van der Waals surface area contributed by atoms with E-state index in [9.17, 15) is 0 Å². The maximum Gasteiger partial charge on any atom is 0.219 e. The van der Waals surface area contributed by atoms with Crippen LogP contribution >= 0.6 is 0 Å². The first-order valence-corrected chi connectivity index (χ1v) is 13.1. The van der Waals surface area contributed by atoms with Gasteiger partial charge in [-0.1, -0.05) is 91.9 Å². The lowest BCUT2D eigenvalue weighted by atomic mass is 9.72. The molecule has 182 valence electrons. The standard InChI is InChI=1S/C35H26N2O/c1-2-35(33-17-10-18-34(37-33)38-26-12-4-3-5-13-26)29-15-8-7-14-27(29)28-21-19-25(23-30(28)35)32-22-20-24-11-6-9-16-31(24)36-32/h3-23H,2H2,1H3. The Hall–Kier alpha value is -4.76. The summed E-state index contributed by atoms with van der Waals surface area (Å²) < 4.78 is 6.16. The molecule has 3 heteroatoms. The molecule has 0 bridgehead atoms. The van der Waals surface area contributed by atoms with Gasteiger partial charge in [-0.05, 0) is 65.1 Å². The Morgan fingerprint density at radius 3 is 2.32 bits per heavy atom. The number of rotatable bonds is 5. The lowest BCUT2D eigenvalue weighted by Gasteiger charge is -2.31. The van der Waals surface area contributed by atoms with Crippen molar-refractivity contribution in [3.63, 3.8) is 0 Å². The average molecular weight is 491 g/mol. The summed E-state index contributed by atoms with van der Waals surface area (Å²) in [5, 5.41) is 1.15. The van der Waals surface area contributed by atoms with Crippen LogP contribution in [0.3, 0.4) is 0 Å². The van der Waals surface area contributed by atoms with E-state index >= 15 is 0 Å². The molecule has 0 N–H and O–H groups in total. The van der Waals surface area contributed by atoms with E-state index in [0.717, 1.165) is 40.0 Å². The monoisotopic (exact) mass is 490 g/mol. The fraction of sp³-hybridized carbons (Fsp3) is 0.0857. The first-order chi connectivity index (χ1) is 18.8. The van der Waals surface area contributed by atoms with Crippen molar-refractivity contribution in [1.29, 1.82) is 0 Å². The molecule has 6 aromatic rings. The third-order valence-electron chi connectivity index (χ3n) is 7.71. The molecule has 1 aliphatic rings. The molecule has 38 heavy (non-hydrogen) atoms. The SMILES string of the molecule is CCC1(c2cccc(Oc3ccccc3)n2)c2ccccc2-c2ccc(-c3ccc4ccccc4n3)cc21. The van der Waals surface area contributed by atoms with E-state index in [1.165, 1.54) is 22.3 Å². The van der Waals surface area contributed by atoms with E-state index in [1.807, 2.05) is 48.5 Å². The third-order valence-corrected chi connectivity index (χ3v) is 7.71. The highest BCUT2D eigenvalue weighted by Crippen LogP contribution is 2.54. The number of fused-ring (bicyclic) bond motifs is 4. The van der Waals surface area contributed by atoms with Gasteiger partial charge >= 0.3 is 0 Å². The zero-order chi connectivity index (χ0) is 25.5. The summed E-state index contributed by atoms with van der Waals surface area (Å²) in [4.78, 5) is 10.1. The van der Waals surface area contributed by atoms with Gasteiger partial charge in [0.2, 0.25) is 5.88 Å². The summed E-state index contributed by atoms with van der Waals surface area (Å²) >= 11 is 0. The average Bonchev–Trinajstić information content (AvgIpc) is 3.27. The second-order valence-corrected chi connectivity index (χ2v) is 9.73. The van der Waals surface area contributed by atoms with Crippen molar-refractivity contribution in [2.24, 2.45) is 0 Å². The van der Waals surface area contributed by atoms with Gasteiger partial charge in [0.1, 0.15) is 5.75 Å².